The maximum absolute atomic E-state index is 13.4. The molecule has 0 aromatic heterocycles. The molecule has 0 spiro atoms. The maximum Gasteiger partial charge on any atom is 0.245 e. The van der Waals surface area contributed by atoms with Gasteiger partial charge in [-0.1, -0.05) is 36.6 Å². The molecule has 1 aliphatic rings. The van der Waals surface area contributed by atoms with Gasteiger partial charge in [-0.25, -0.2) is 12.8 Å². The van der Waals surface area contributed by atoms with E-state index in [0.717, 1.165) is 37.7 Å². The summed E-state index contributed by atoms with van der Waals surface area (Å²) in [5, 5.41) is 3.38. The fourth-order valence-corrected chi connectivity index (χ4v) is 6.46. The van der Waals surface area contributed by atoms with Gasteiger partial charge in [-0.3, -0.25) is 4.79 Å². The lowest BCUT2D eigenvalue weighted by Crippen LogP contribution is -2.34. The molecule has 2 aromatic rings. The minimum Gasteiger partial charge on any atom is -0.370 e. The molecule has 10 heteroatoms. The standard InChI is InChI=1S/C28H39ClFN3O4S/c1-32(2)28(23-8-12-25(30)13-9-23)22-6-4-21(5-7-22)16-17-31-27(34)20-37-19-18-33(3)38(35,36)26-14-10-24(29)11-15-26/h8-15,21-22,28H,4-7,16-20H2,1-3H3,(H,31,34). The number of amides is 1. The predicted octanol–water partition coefficient (Wildman–Crippen LogP) is 4.73. The number of nitrogens with one attached hydrogen (secondary N) is 1. The molecule has 0 aliphatic heterocycles. The molecule has 1 N–H and O–H groups in total. The van der Waals surface area contributed by atoms with Crippen molar-refractivity contribution in [3.05, 3.63) is 64.9 Å². The highest BCUT2D eigenvalue weighted by molar-refractivity contribution is 7.89. The Labute approximate surface area is 231 Å². The molecule has 3 rings (SSSR count). The van der Waals surface area contributed by atoms with Gasteiger partial charge in [0.05, 0.1) is 11.5 Å². The van der Waals surface area contributed by atoms with Crippen molar-refractivity contribution in [2.24, 2.45) is 11.8 Å². The molecule has 7 nitrogen and oxygen atoms in total. The van der Waals surface area contributed by atoms with Crippen molar-refractivity contribution >= 4 is 27.5 Å². The van der Waals surface area contributed by atoms with Crippen LogP contribution in [0.5, 0.6) is 0 Å². The van der Waals surface area contributed by atoms with E-state index in [-0.39, 0.29) is 42.4 Å². The third kappa shape index (κ3) is 8.74. The van der Waals surface area contributed by atoms with Crippen molar-refractivity contribution in [3.63, 3.8) is 0 Å². The van der Waals surface area contributed by atoms with Crippen molar-refractivity contribution in [2.75, 3.05) is 47.4 Å². The van der Waals surface area contributed by atoms with E-state index in [4.69, 9.17) is 16.3 Å². The third-order valence-corrected chi connectivity index (χ3v) is 9.41. The number of carbonyl (C=O) groups is 1. The lowest BCUT2D eigenvalue weighted by atomic mass is 9.75. The van der Waals surface area contributed by atoms with Gasteiger partial charge in [-0.2, -0.15) is 4.31 Å². The van der Waals surface area contributed by atoms with Gasteiger partial charge >= 0.3 is 0 Å². The molecular weight excluding hydrogens is 529 g/mol. The summed E-state index contributed by atoms with van der Waals surface area (Å²) in [7, 11) is 1.99. The molecule has 38 heavy (non-hydrogen) atoms. The first-order valence-electron chi connectivity index (χ1n) is 13.1. The molecule has 210 valence electrons. The zero-order valence-electron chi connectivity index (χ0n) is 22.4. The molecule has 1 saturated carbocycles. The Kier molecular flexibility index (Phi) is 11.5. The van der Waals surface area contributed by atoms with Gasteiger partial charge in [0.1, 0.15) is 12.4 Å². The number of ether oxygens (including phenoxy) is 1. The van der Waals surface area contributed by atoms with Crippen molar-refractivity contribution in [3.8, 4) is 0 Å². The average Bonchev–Trinajstić information content (AvgIpc) is 2.88. The quantitative estimate of drug-likeness (QED) is 0.354. The zero-order chi connectivity index (χ0) is 27.7. The Hall–Kier alpha value is -2.04. The van der Waals surface area contributed by atoms with Crippen LogP contribution >= 0.6 is 11.6 Å². The Morgan fingerprint density at radius 1 is 1.05 bits per heavy atom. The first-order chi connectivity index (χ1) is 18.1. The fraction of sp³-hybridized carbons (Fsp3) is 0.536. The van der Waals surface area contributed by atoms with E-state index in [1.165, 1.54) is 47.8 Å². The molecule has 1 amide bonds. The highest BCUT2D eigenvalue weighted by Crippen LogP contribution is 2.40. The van der Waals surface area contributed by atoms with Gasteiger partial charge in [0.2, 0.25) is 15.9 Å². The number of hydrogen-bond acceptors (Lipinski definition) is 5. The maximum atomic E-state index is 13.4. The van der Waals surface area contributed by atoms with Gasteiger partial charge in [0.25, 0.3) is 0 Å². The number of sulfonamides is 1. The number of hydrogen-bond donors (Lipinski definition) is 1. The fourth-order valence-electron chi connectivity index (χ4n) is 5.18. The average molecular weight is 568 g/mol. The van der Waals surface area contributed by atoms with Crippen LogP contribution in [-0.4, -0.2) is 71.0 Å². The second-order valence-corrected chi connectivity index (χ2v) is 12.7. The summed E-state index contributed by atoms with van der Waals surface area (Å²) in [5.41, 5.74) is 1.15. The molecule has 2 aromatic carbocycles. The first kappa shape index (κ1) is 30.5. The van der Waals surface area contributed by atoms with Crippen LogP contribution < -0.4 is 5.32 Å². The second kappa shape index (κ2) is 14.4. The highest BCUT2D eigenvalue weighted by Gasteiger charge is 2.30. The van der Waals surface area contributed by atoms with Crippen LogP contribution in [0.1, 0.15) is 43.7 Å². The van der Waals surface area contributed by atoms with Crippen LogP contribution in [-0.2, 0) is 19.6 Å². The highest BCUT2D eigenvalue weighted by atomic mass is 35.5. The molecular formula is C28H39ClFN3O4S. The number of rotatable bonds is 13. The van der Waals surface area contributed by atoms with Gasteiger partial charge in [0.15, 0.2) is 0 Å². The SMILES string of the molecule is CN(C)C(c1ccc(F)cc1)C1CCC(CCNC(=O)COCCN(C)S(=O)(=O)c2ccc(Cl)cc2)CC1. The molecule has 0 saturated heterocycles. The minimum absolute atomic E-state index is 0.107. The zero-order valence-corrected chi connectivity index (χ0v) is 24.0. The largest absolute Gasteiger partial charge is 0.370 e. The lowest BCUT2D eigenvalue weighted by Gasteiger charge is -2.37. The summed E-state index contributed by atoms with van der Waals surface area (Å²) >= 11 is 5.83. The summed E-state index contributed by atoms with van der Waals surface area (Å²) in [6.45, 7) is 0.733. The molecule has 1 fully saturated rings. The summed E-state index contributed by atoms with van der Waals surface area (Å²) in [6, 6.07) is 13.1. The van der Waals surface area contributed by atoms with Crippen molar-refractivity contribution in [1.82, 2.24) is 14.5 Å². The molecule has 1 atom stereocenters. The van der Waals surface area contributed by atoms with E-state index in [1.807, 2.05) is 12.1 Å². The smallest absolute Gasteiger partial charge is 0.245 e. The number of halogens is 2. The normalized spacial score (nSPS) is 19.0. The minimum atomic E-state index is -3.64. The molecule has 1 aliphatic carbocycles. The van der Waals surface area contributed by atoms with E-state index >= 15 is 0 Å². The monoisotopic (exact) mass is 567 g/mol. The Morgan fingerprint density at radius 2 is 1.68 bits per heavy atom. The van der Waals surface area contributed by atoms with Crippen molar-refractivity contribution in [2.45, 2.75) is 43.0 Å². The van der Waals surface area contributed by atoms with Gasteiger partial charge < -0.3 is 15.0 Å². The molecule has 0 radical (unpaired) electrons. The van der Waals surface area contributed by atoms with Crippen LogP contribution in [0.4, 0.5) is 4.39 Å². The Bertz CT molecular complexity index is 1120. The molecule has 1 unspecified atom stereocenters. The van der Waals surface area contributed by atoms with Gasteiger partial charge in [-0.15, -0.1) is 0 Å². The molecule has 0 bridgehead atoms. The van der Waals surface area contributed by atoms with E-state index in [2.05, 4.69) is 24.3 Å². The van der Waals surface area contributed by atoms with Crippen LogP contribution in [0.3, 0.4) is 0 Å². The first-order valence-corrected chi connectivity index (χ1v) is 14.9. The van der Waals surface area contributed by atoms with E-state index in [0.29, 0.717) is 23.4 Å². The number of likely N-dealkylation sites (N-methyl/N-ethyl adjacent to an activating group) is 1. The van der Waals surface area contributed by atoms with Crippen molar-refractivity contribution < 1.29 is 22.3 Å². The van der Waals surface area contributed by atoms with E-state index in [1.54, 1.807) is 0 Å². The lowest BCUT2D eigenvalue weighted by molar-refractivity contribution is -0.125. The summed E-state index contributed by atoms with van der Waals surface area (Å²) in [5.74, 6) is 0.675. The topological polar surface area (TPSA) is 79.0 Å². The van der Waals surface area contributed by atoms with Gasteiger partial charge in [-0.05, 0) is 87.2 Å². The summed E-state index contributed by atoms with van der Waals surface area (Å²) < 4.78 is 45.1. The van der Waals surface area contributed by atoms with Crippen LogP contribution in [0.15, 0.2) is 53.4 Å². The summed E-state index contributed by atoms with van der Waals surface area (Å²) in [4.78, 5) is 14.5. The van der Waals surface area contributed by atoms with Crippen LogP contribution in [0.2, 0.25) is 5.02 Å². The van der Waals surface area contributed by atoms with E-state index in [9.17, 15) is 17.6 Å². The van der Waals surface area contributed by atoms with Crippen molar-refractivity contribution in [1.29, 1.82) is 0 Å². The number of nitrogens with zero attached hydrogens (tertiary/aromatic N) is 2. The predicted molar refractivity (Wildman–Crippen MR) is 148 cm³/mol. The van der Waals surface area contributed by atoms with Crippen LogP contribution in [0.25, 0.3) is 0 Å². The number of carbonyl (C=O) groups excluding carboxylic acids is 1. The summed E-state index contributed by atoms with van der Waals surface area (Å²) in [6.07, 6.45) is 5.35. The van der Waals surface area contributed by atoms with E-state index < -0.39 is 10.0 Å². The van der Waals surface area contributed by atoms with Gasteiger partial charge in [0, 0.05) is 31.2 Å². The Morgan fingerprint density at radius 3 is 2.29 bits per heavy atom. The Balaban J connectivity index is 1.31. The molecule has 0 heterocycles. The number of benzene rings is 2. The third-order valence-electron chi connectivity index (χ3n) is 7.29. The second-order valence-electron chi connectivity index (χ2n) is 10.2. The van der Waals surface area contributed by atoms with Crippen LogP contribution in [0, 0.1) is 17.7 Å².